The summed E-state index contributed by atoms with van der Waals surface area (Å²) in [7, 11) is 2.27. The van der Waals surface area contributed by atoms with Crippen LogP contribution in [0.5, 0.6) is 0 Å². The number of hydrogen-bond acceptors (Lipinski definition) is 4. The van der Waals surface area contributed by atoms with Crippen LogP contribution in [0.15, 0.2) is 0 Å². The lowest BCUT2D eigenvalue weighted by atomic mass is 9.79. The van der Waals surface area contributed by atoms with Gasteiger partial charge in [-0.05, 0) is 52.0 Å². The van der Waals surface area contributed by atoms with Crippen molar-refractivity contribution in [1.29, 1.82) is 0 Å². The molecule has 0 radical (unpaired) electrons. The van der Waals surface area contributed by atoms with E-state index in [-0.39, 0.29) is 0 Å². The van der Waals surface area contributed by atoms with Crippen LogP contribution in [-0.2, 0) is 4.74 Å². The number of nitrogens with one attached hydrogen (secondary N) is 1. The van der Waals surface area contributed by atoms with Gasteiger partial charge >= 0.3 is 0 Å². The van der Waals surface area contributed by atoms with Gasteiger partial charge < -0.3 is 10.1 Å². The second-order valence-corrected chi connectivity index (χ2v) is 7.83. The van der Waals surface area contributed by atoms with E-state index in [9.17, 15) is 0 Å². The third-order valence-electron chi connectivity index (χ3n) is 5.89. The molecule has 122 valence electrons. The third kappa shape index (κ3) is 3.98. The maximum Gasteiger partial charge on any atom is 0.0472 e. The van der Waals surface area contributed by atoms with Gasteiger partial charge in [-0.25, -0.2) is 0 Å². The molecule has 3 rings (SSSR count). The summed E-state index contributed by atoms with van der Waals surface area (Å²) in [6.45, 7) is 11.5. The molecule has 4 heteroatoms. The number of ether oxygens (including phenoxy) is 1. The Labute approximate surface area is 130 Å². The SMILES string of the molecule is CC1CN(CC2(CNC3CC3)CCOCC2)CC(C)N1C. The summed E-state index contributed by atoms with van der Waals surface area (Å²) in [6.07, 6.45) is 5.22. The van der Waals surface area contributed by atoms with Crippen LogP contribution >= 0.6 is 0 Å². The lowest BCUT2D eigenvalue weighted by molar-refractivity contribution is -0.0252. The van der Waals surface area contributed by atoms with E-state index in [2.05, 4.69) is 36.0 Å². The predicted octanol–water partition coefficient (Wildman–Crippen LogP) is 1.56. The molecular formula is C17H33N3O. The summed E-state index contributed by atoms with van der Waals surface area (Å²) in [5.41, 5.74) is 0.441. The molecule has 2 heterocycles. The van der Waals surface area contributed by atoms with Crippen molar-refractivity contribution in [1.82, 2.24) is 15.1 Å². The van der Waals surface area contributed by atoms with Crippen LogP contribution in [0.2, 0.25) is 0 Å². The van der Waals surface area contributed by atoms with Gasteiger partial charge in [0, 0.05) is 57.5 Å². The first-order valence-corrected chi connectivity index (χ1v) is 8.83. The molecule has 1 N–H and O–H groups in total. The molecule has 2 saturated heterocycles. The van der Waals surface area contributed by atoms with Gasteiger partial charge in [-0.3, -0.25) is 9.80 Å². The summed E-state index contributed by atoms with van der Waals surface area (Å²) in [4.78, 5) is 5.24. The zero-order valence-corrected chi connectivity index (χ0v) is 14.1. The zero-order chi connectivity index (χ0) is 14.9. The minimum absolute atomic E-state index is 0.441. The molecule has 3 aliphatic rings. The largest absolute Gasteiger partial charge is 0.381 e. The van der Waals surface area contributed by atoms with E-state index in [1.165, 1.54) is 51.9 Å². The van der Waals surface area contributed by atoms with Crippen LogP contribution in [0.3, 0.4) is 0 Å². The predicted molar refractivity (Wildman–Crippen MR) is 86.6 cm³/mol. The number of hydrogen-bond donors (Lipinski definition) is 1. The summed E-state index contributed by atoms with van der Waals surface area (Å²) < 4.78 is 5.64. The van der Waals surface area contributed by atoms with Crippen molar-refractivity contribution >= 4 is 0 Å². The molecule has 0 amide bonds. The lowest BCUT2D eigenvalue weighted by Crippen LogP contribution is -2.58. The Bertz CT molecular complexity index is 327. The van der Waals surface area contributed by atoms with Crippen LogP contribution in [0.25, 0.3) is 0 Å². The first-order valence-electron chi connectivity index (χ1n) is 8.83. The molecular weight excluding hydrogens is 262 g/mol. The first-order chi connectivity index (χ1) is 10.1. The topological polar surface area (TPSA) is 27.7 Å². The Morgan fingerprint density at radius 3 is 2.29 bits per heavy atom. The molecule has 0 aromatic rings. The fourth-order valence-corrected chi connectivity index (χ4v) is 3.96. The van der Waals surface area contributed by atoms with Crippen molar-refractivity contribution in [3.8, 4) is 0 Å². The van der Waals surface area contributed by atoms with E-state index in [0.717, 1.165) is 19.3 Å². The van der Waals surface area contributed by atoms with Gasteiger partial charge in [0.05, 0.1) is 0 Å². The Morgan fingerprint density at radius 1 is 1.10 bits per heavy atom. The molecule has 3 fully saturated rings. The standard InChI is InChI=1S/C17H33N3O/c1-14-10-20(11-15(2)19(14)3)13-17(6-8-21-9-7-17)12-18-16-4-5-16/h14-16,18H,4-13H2,1-3H3. The van der Waals surface area contributed by atoms with Gasteiger partial charge in [-0.1, -0.05) is 0 Å². The molecule has 4 nitrogen and oxygen atoms in total. The highest BCUT2D eigenvalue weighted by atomic mass is 16.5. The lowest BCUT2D eigenvalue weighted by Gasteiger charge is -2.47. The second-order valence-electron chi connectivity index (χ2n) is 7.83. The number of piperazine rings is 1. The van der Waals surface area contributed by atoms with Crippen LogP contribution in [0.4, 0.5) is 0 Å². The molecule has 2 unspecified atom stereocenters. The van der Waals surface area contributed by atoms with Gasteiger partial charge in [0.25, 0.3) is 0 Å². The molecule has 0 aromatic heterocycles. The maximum absolute atomic E-state index is 5.64. The smallest absolute Gasteiger partial charge is 0.0472 e. The van der Waals surface area contributed by atoms with Crippen molar-refractivity contribution in [3.05, 3.63) is 0 Å². The first kappa shape index (κ1) is 15.7. The zero-order valence-electron chi connectivity index (χ0n) is 14.1. The highest BCUT2D eigenvalue weighted by Crippen LogP contribution is 2.33. The fraction of sp³-hybridized carbons (Fsp3) is 1.00. The van der Waals surface area contributed by atoms with Crippen LogP contribution in [0.1, 0.15) is 39.5 Å². The number of rotatable bonds is 5. The minimum atomic E-state index is 0.441. The average Bonchev–Trinajstić information content (AvgIpc) is 3.28. The molecule has 0 bridgehead atoms. The highest BCUT2D eigenvalue weighted by Gasteiger charge is 2.38. The Kier molecular flexibility index (Phi) is 4.89. The minimum Gasteiger partial charge on any atom is -0.381 e. The van der Waals surface area contributed by atoms with Gasteiger partial charge in [-0.15, -0.1) is 0 Å². The Balaban J connectivity index is 1.60. The van der Waals surface area contributed by atoms with Crippen molar-refractivity contribution < 1.29 is 4.74 Å². The average molecular weight is 295 g/mol. The maximum atomic E-state index is 5.64. The molecule has 2 atom stereocenters. The Hall–Kier alpha value is -0.160. The van der Waals surface area contributed by atoms with E-state index in [1.807, 2.05) is 0 Å². The summed E-state index contributed by atoms with van der Waals surface area (Å²) in [5.74, 6) is 0. The molecule has 1 aliphatic carbocycles. The number of likely N-dealkylation sites (N-methyl/N-ethyl adjacent to an activating group) is 1. The van der Waals surface area contributed by atoms with E-state index < -0.39 is 0 Å². The second kappa shape index (κ2) is 6.53. The van der Waals surface area contributed by atoms with Crippen molar-refractivity contribution in [3.63, 3.8) is 0 Å². The molecule has 0 spiro atoms. The molecule has 1 saturated carbocycles. The summed E-state index contributed by atoms with van der Waals surface area (Å²) in [5, 5.41) is 3.80. The van der Waals surface area contributed by atoms with E-state index in [0.29, 0.717) is 17.5 Å². The fourth-order valence-electron chi connectivity index (χ4n) is 3.96. The van der Waals surface area contributed by atoms with Gasteiger partial charge in [0.15, 0.2) is 0 Å². The quantitative estimate of drug-likeness (QED) is 0.833. The van der Waals surface area contributed by atoms with E-state index in [4.69, 9.17) is 4.74 Å². The van der Waals surface area contributed by atoms with Crippen LogP contribution in [0, 0.1) is 5.41 Å². The number of nitrogens with zero attached hydrogens (tertiary/aromatic N) is 2. The molecule has 0 aromatic carbocycles. The Morgan fingerprint density at radius 2 is 1.71 bits per heavy atom. The normalized spacial score (nSPS) is 35.0. The van der Waals surface area contributed by atoms with Crippen LogP contribution < -0.4 is 5.32 Å². The summed E-state index contributed by atoms with van der Waals surface area (Å²) in [6, 6.07) is 2.15. The van der Waals surface area contributed by atoms with E-state index >= 15 is 0 Å². The van der Waals surface area contributed by atoms with Gasteiger partial charge in [-0.2, -0.15) is 0 Å². The van der Waals surface area contributed by atoms with E-state index in [1.54, 1.807) is 0 Å². The highest BCUT2D eigenvalue weighted by molar-refractivity contribution is 4.93. The van der Waals surface area contributed by atoms with Crippen molar-refractivity contribution in [2.75, 3.05) is 46.4 Å². The summed E-state index contributed by atoms with van der Waals surface area (Å²) >= 11 is 0. The van der Waals surface area contributed by atoms with Gasteiger partial charge in [0.1, 0.15) is 0 Å². The van der Waals surface area contributed by atoms with Gasteiger partial charge in [0.2, 0.25) is 0 Å². The van der Waals surface area contributed by atoms with Crippen LogP contribution in [-0.4, -0.2) is 74.4 Å². The third-order valence-corrected chi connectivity index (χ3v) is 5.89. The van der Waals surface area contributed by atoms with Crippen molar-refractivity contribution in [2.45, 2.75) is 57.7 Å². The molecule has 2 aliphatic heterocycles. The van der Waals surface area contributed by atoms with Crippen molar-refractivity contribution in [2.24, 2.45) is 5.41 Å². The monoisotopic (exact) mass is 295 g/mol. The molecule has 21 heavy (non-hydrogen) atoms.